The number of amides is 1. The predicted octanol–water partition coefficient (Wildman–Crippen LogP) is 3.82. The molecule has 0 saturated carbocycles. The van der Waals surface area contributed by atoms with Gasteiger partial charge >= 0.3 is 0 Å². The molecule has 2 aromatic carbocycles. The van der Waals surface area contributed by atoms with Gasteiger partial charge in [0.25, 0.3) is 5.91 Å². The Balaban J connectivity index is 1.29. The summed E-state index contributed by atoms with van der Waals surface area (Å²) in [5, 5.41) is 17.4. The minimum atomic E-state index is -0.273. The molecule has 2 aromatic heterocycles. The number of nitrogens with one attached hydrogen (secondary N) is 2. The van der Waals surface area contributed by atoms with E-state index in [9.17, 15) is 9.59 Å². The van der Waals surface area contributed by atoms with Crippen molar-refractivity contribution in [3.8, 4) is 0 Å². The van der Waals surface area contributed by atoms with Gasteiger partial charge in [0.05, 0.1) is 30.6 Å². The standard InChI is InChI=1S/C30H31N5O3/c1-20-3-5-21(6-4-20)18-35-19-24(16-31-35)30(38)32-25-8-10-29(37)26(15-25)28-14-23-13-22(7-9-27(23)33-28)17-34(2)11-12-36/h3-9,13-16,19,33,36H,10-12,17-18H2,1-2H3,(H,32,38). The number of allylic oxidation sites excluding steroid dienone is 3. The monoisotopic (exact) mass is 509 g/mol. The van der Waals surface area contributed by atoms with Crippen LogP contribution in [0, 0.1) is 6.92 Å². The van der Waals surface area contributed by atoms with E-state index in [4.69, 9.17) is 5.11 Å². The zero-order valence-electron chi connectivity index (χ0n) is 21.6. The summed E-state index contributed by atoms with van der Waals surface area (Å²) in [6.07, 6.45) is 6.94. The van der Waals surface area contributed by atoms with Gasteiger partial charge in [0, 0.05) is 47.9 Å². The lowest BCUT2D eigenvalue weighted by atomic mass is 9.98. The Hall–Kier alpha value is -4.27. The van der Waals surface area contributed by atoms with Gasteiger partial charge in [0.2, 0.25) is 0 Å². The van der Waals surface area contributed by atoms with Crippen LogP contribution < -0.4 is 5.32 Å². The van der Waals surface area contributed by atoms with Gasteiger partial charge in [-0.05, 0) is 49.4 Å². The van der Waals surface area contributed by atoms with Gasteiger partial charge < -0.3 is 15.4 Å². The number of carbonyl (C=O) groups excluding carboxylic acids is 2. The van der Waals surface area contributed by atoms with Crippen LogP contribution in [0.15, 0.2) is 78.8 Å². The Morgan fingerprint density at radius 2 is 1.95 bits per heavy atom. The molecule has 4 aromatic rings. The molecule has 1 amide bonds. The Labute approximate surface area is 221 Å². The van der Waals surface area contributed by atoms with Crippen molar-refractivity contribution < 1.29 is 14.7 Å². The van der Waals surface area contributed by atoms with Crippen LogP contribution in [0.5, 0.6) is 0 Å². The van der Waals surface area contributed by atoms with E-state index in [2.05, 4.69) is 33.6 Å². The second kappa shape index (κ2) is 11.0. The van der Waals surface area contributed by atoms with Crippen molar-refractivity contribution in [1.29, 1.82) is 0 Å². The number of aromatic amines is 1. The number of aromatic nitrogens is 3. The van der Waals surface area contributed by atoms with Crippen molar-refractivity contribution in [2.75, 3.05) is 20.2 Å². The second-order valence-corrected chi connectivity index (χ2v) is 9.78. The molecule has 5 rings (SSSR count). The first-order valence-corrected chi connectivity index (χ1v) is 12.6. The molecule has 2 heterocycles. The number of nitrogens with zero attached hydrogens (tertiary/aromatic N) is 3. The first kappa shape index (κ1) is 25.4. The number of likely N-dealkylation sites (N-methyl/N-ethyl adjacent to an activating group) is 1. The number of fused-ring (bicyclic) bond motifs is 1. The van der Waals surface area contributed by atoms with Gasteiger partial charge in [-0.25, -0.2) is 0 Å². The fraction of sp³-hybridized carbons (Fsp3) is 0.233. The molecule has 0 atom stereocenters. The molecule has 1 aliphatic rings. The average molecular weight is 510 g/mol. The lowest BCUT2D eigenvalue weighted by Gasteiger charge is -2.14. The van der Waals surface area contributed by atoms with E-state index >= 15 is 0 Å². The Kier molecular flexibility index (Phi) is 7.35. The third-order valence-corrected chi connectivity index (χ3v) is 6.64. The van der Waals surface area contributed by atoms with Crippen LogP contribution in [-0.4, -0.2) is 56.7 Å². The summed E-state index contributed by atoms with van der Waals surface area (Å²) < 4.78 is 1.74. The van der Waals surface area contributed by atoms with Gasteiger partial charge in [-0.2, -0.15) is 5.10 Å². The number of Topliss-reactive ketones (excluding diaryl/α,β-unsaturated/α-hetero) is 1. The highest BCUT2D eigenvalue weighted by Gasteiger charge is 2.20. The molecule has 0 unspecified atom stereocenters. The maximum absolute atomic E-state index is 12.9. The zero-order chi connectivity index (χ0) is 26.6. The third-order valence-electron chi connectivity index (χ3n) is 6.64. The van der Waals surface area contributed by atoms with Crippen LogP contribution in [-0.2, 0) is 17.9 Å². The number of hydrogen-bond donors (Lipinski definition) is 3. The summed E-state index contributed by atoms with van der Waals surface area (Å²) >= 11 is 0. The van der Waals surface area contributed by atoms with Gasteiger partial charge in [-0.1, -0.05) is 42.0 Å². The normalized spacial score (nSPS) is 13.6. The summed E-state index contributed by atoms with van der Waals surface area (Å²) in [4.78, 5) is 31.1. The largest absolute Gasteiger partial charge is 0.395 e. The Morgan fingerprint density at radius 1 is 1.16 bits per heavy atom. The number of aliphatic hydroxyl groups is 1. The van der Waals surface area contributed by atoms with Gasteiger partial charge in [0.15, 0.2) is 5.78 Å². The van der Waals surface area contributed by atoms with Crippen LogP contribution in [0.25, 0.3) is 16.5 Å². The highest BCUT2D eigenvalue weighted by molar-refractivity contribution is 6.23. The molecule has 8 heteroatoms. The molecule has 0 spiro atoms. The molecule has 194 valence electrons. The number of ketones is 1. The molecule has 0 fully saturated rings. The van der Waals surface area contributed by atoms with E-state index in [0.29, 0.717) is 29.9 Å². The highest BCUT2D eigenvalue weighted by atomic mass is 16.3. The minimum absolute atomic E-state index is 0.0108. The predicted molar refractivity (Wildman–Crippen MR) is 147 cm³/mol. The van der Waals surface area contributed by atoms with Crippen LogP contribution in [0.4, 0.5) is 0 Å². The minimum Gasteiger partial charge on any atom is -0.395 e. The number of rotatable bonds is 9. The molecule has 0 radical (unpaired) electrons. The summed E-state index contributed by atoms with van der Waals surface area (Å²) in [5.74, 6) is -0.284. The lowest BCUT2D eigenvalue weighted by molar-refractivity contribution is -0.113. The molecule has 0 saturated heterocycles. The SMILES string of the molecule is Cc1ccc(Cn2cc(C(=O)NC3=CCC(=O)C(c4cc5cc(CN(C)CCO)ccc5[nH]4)=C3)cn2)cc1. The molecule has 0 aliphatic heterocycles. The van der Waals surface area contributed by atoms with Crippen molar-refractivity contribution in [1.82, 2.24) is 25.0 Å². The number of aliphatic hydroxyl groups excluding tert-OH is 1. The fourth-order valence-electron chi connectivity index (χ4n) is 4.56. The van der Waals surface area contributed by atoms with Crippen molar-refractivity contribution in [3.63, 3.8) is 0 Å². The number of aryl methyl sites for hydroxylation is 1. The molecular weight excluding hydrogens is 478 g/mol. The first-order valence-electron chi connectivity index (χ1n) is 12.6. The number of carbonyl (C=O) groups is 2. The second-order valence-electron chi connectivity index (χ2n) is 9.78. The van der Waals surface area contributed by atoms with Gasteiger partial charge in [-0.3, -0.25) is 19.2 Å². The number of H-pyrrole nitrogens is 1. The fourth-order valence-corrected chi connectivity index (χ4v) is 4.56. The van der Waals surface area contributed by atoms with E-state index in [1.165, 1.54) is 5.56 Å². The number of benzene rings is 2. The average Bonchev–Trinajstić information content (AvgIpc) is 3.53. The van der Waals surface area contributed by atoms with E-state index < -0.39 is 0 Å². The molecular formula is C30H31N5O3. The molecule has 3 N–H and O–H groups in total. The first-order chi connectivity index (χ1) is 18.4. The summed E-state index contributed by atoms with van der Waals surface area (Å²) in [5.41, 5.74) is 6.65. The zero-order valence-corrected chi connectivity index (χ0v) is 21.6. The van der Waals surface area contributed by atoms with Gasteiger partial charge in [0.1, 0.15) is 0 Å². The van der Waals surface area contributed by atoms with Crippen molar-refractivity contribution in [3.05, 3.63) is 107 Å². The topological polar surface area (TPSA) is 103 Å². The van der Waals surface area contributed by atoms with Crippen LogP contribution >= 0.6 is 0 Å². The van der Waals surface area contributed by atoms with E-state index in [1.54, 1.807) is 29.2 Å². The Morgan fingerprint density at radius 3 is 2.74 bits per heavy atom. The maximum atomic E-state index is 12.9. The quantitative estimate of drug-likeness (QED) is 0.318. The molecule has 0 bridgehead atoms. The van der Waals surface area contributed by atoms with Crippen molar-refractivity contribution in [2.45, 2.75) is 26.4 Å². The van der Waals surface area contributed by atoms with Crippen LogP contribution in [0.2, 0.25) is 0 Å². The molecule has 8 nitrogen and oxygen atoms in total. The summed E-state index contributed by atoms with van der Waals surface area (Å²) in [7, 11) is 1.96. The number of hydrogen-bond acceptors (Lipinski definition) is 5. The van der Waals surface area contributed by atoms with E-state index in [-0.39, 0.29) is 24.7 Å². The summed E-state index contributed by atoms with van der Waals surface area (Å²) in [6, 6.07) is 16.3. The maximum Gasteiger partial charge on any atom is 0.258 e. The van der Waals surface area contributed by atoms with Gasteiger partial charge in [-0.15, -0.1) is 0 Å². The van der Waals surface area contributed by atoms with Crippen LogP contribution in [0.1, 0.15) is 39.2 Å². The van der Waals surface area contributed by atoms with Crippen molar-refractivity contribution in [2.24, 2.45) is 0 Å². The molecule has 38 heavy (non-hydrogen) atoms. The highest BCUT2D eigenvalue weighted by Crippen LogP contribution is 2.27. The smallest absolute Gasteiger partial charge is 0.258 e. The van der Waals surface area contributed by atoms with E-state index in [1.807, 2.05) is 49.2 Å². The Bertz CT molecular complexity index is 1540. The van der Waals surface area contributed by atoms with Crippen LogP contribution in [0.3, 0.4) is 0 Å². The lowest BCUT2D eigenvalue weighted by Crippen LogP contribution is -2.23. The summed E-state index contributed by atoms with van der Waals surface area (Å²) in [6.45, 7) is 4.06. The van der Waals surface area contributed by atoms with E-state index in [0.717, 1.165) is 34.3 Å². The third kappa shape index (κ3) is 5.82. The van der Waals surface area contributed by atoms with Crippen molar-refractivity contribution >= 4 is 28.2 Å². The molecule has 1 aliphatic carbocycles.